The first-order chi connectivity index (χ1) is 8.24. The topological polar surface area (TPSA) is 17.8 Å². The van der Waals surface area contributed by atoms with Gasteiger partial charge in [0.2, 0.25) is 0 Å². The molecule has 3 rings (SSSR count). The minimum atomic E-state index is 1.04. The Balaban J connectivity index is 2.27. The number of rotatable bonds is 1. The lowest BCUT2D eigenvalue weighted by atomic mass is 10.2. The molecule has 2 heteroatoms. The Hall–Kier alpha value is -2.09. The maximum Gasteiger partial charge on any atom is 0.100 e. The van der Waals surface area contributed by atoms with Crippen molar-refractivity contribution in [3.8, 4) is 5.69 Å². The van der Waals surface area contributed by atoms with Gasteiger partial charge in [-0.15, -0.1) is 0 Å². The van der Waals surface area contributed by atoms with Crippen LogP contribution in [0.15, 0.2) is 48.8 Å². The fourth-order valence-electron chi connectivity index (χ4n) is 2.10. The van der Waals surface area contributed by atoms with Gasteiger partial charge in [-0.25, -0.2) is 4.98 Å². The molecule has 1 aromatic heterocycles. The van der Waals surface area contributed by atoms with E-state index in [1.165, 1.54) is 11.1 Å². The van der Waals surface area contributed by atoms with Crippen LogP contribution in [0.1, 0.15) is 11.1 Å². The van der Waals surface area contributed by atoms with Crippen molar-refractivity contribution >= 4 is 11.0 Å². The molecular formula is C15H14N2. The molecule has 0 aliphatic heterocycles. The molecular weight excluding hydrogens is 208 g/mol. The first-order valence-electron chi connectivity index (χ1n) is 5.75. The van der Waals surface area contributed by atoms with Gasteiger partial charge < -0.3 is 0 Å². The number of benzene rings is 2. The van der Waals surface area contributed by atoms with Crippen LogP contribution in [0.5, 0.6) is 0 Å². The Morgan fingerprint density at radius 3 is 2.59 bits per heavy atom. The first-order valence-corrected chi connectivity index (χ1v) is 5.75. The fraction of sp³-hybridized carbons (Fsp3) is 0.133. The lowest BCUT2D eigenvalue weighted by molar-refractivity contribution is 1.09. The number of aryl methyl sites for hydroxylation is 2. The summed E-state index contributed by atoms with van der Waals surface area (Å²) in [7, 11) is 0. The normalized spacial score (nSPS) is 10.9. The van der Waals surface area contributed by atoms with E-state index in [9.17, 15) is 0 Å². The molecule has 0 bridgehead atoms. The third kappa shape index (κ3) is 1.72. The molecule has 0 N–H and O–H groups in total. The Labute approximate surface area is 101 Å². The Bertz CT molecular complexity index is 680. The number of imidazole rings is 1. The third-order valence-corrected chi connectivity index (χ3v) is 2.98. The molecule has 0 spiro atoms. The maximum atomic E-state index is 4.43. The van der Waals surface area contributed by atoms with Crippen LogP contribution in [0.25, 0.3) is 16.7 Å². The van der Waals surface area contributed by atoms with Gasteiger partial charge in [-0.3, -0.25) is 4.57 Å². The second-order valence-corrected chi connectivity index (χ2v) is 4.45. The summed E-state index contributed by atoms with van der Waals surface area (Å²) in [6.45, 7) is 4.21. The monoisotopic (exact) mass is 222 g/mol. The van der Waals surface area contributed by atoms with Crippen LogP contribution in [0, 0.1) is 13.8 Å². The van der Waals surface area contributed by atoms with E-state index in [0.717, 1.165) is 16.7 Å². The molecule has 0 fully saturated rings. The van der Waals surface area contributed by atoms with E-state index in [-0.39, 0.29) is 0 Å². The van der Waals surface area contributed by atoms with E-state index in [1.54, 1.807) is 0 Å². The summed E-state index contributed by atoms with van der Waals surface area (Å²) in [5.74, 6) is 0. The van der Waals surface area contributed by atoms with Crippen LogP contribution in [0.4, 0.5) is 0 Å². The van der Waals surface area contributed by atoms with Gasteiger partial charge in [0, 0.05) is 5.69 Å². The van der Waals surface area contributed by atoms with E-state index in [2.05, 4.69) is 65.9 Å². The largest absolute Gasteiger partial charge is 0.299 e. The van der Waals surface area contributed by atoms with Gasteiger partial charge in [0.25, 0.3) is 0 Å². The van der Waals surface area contributed by atoms with Crippen molar-refractivity contribution in [3.63, 3.8) is 0 Å². The summed E-state index contributed by atoms with van der Waals surface area (Å²) in [5, 5.41) is 0. The van der Waals surface area contributed by atoms with Crippen LogP contribution in [-0.2, 0) is 0 Å². The lowest BCUT2D eigenvalue weighted by Gasteiger charge is -2.05. The first kappa shape index (κ1) is 10.1. The predicted octanol–water partition coefficient (Wildman–Crippen LogP) is 3.64. The summed E-state index contributed by atoms with van der Waals surface area (Å²) in [4.78, 5) is 4.43. The van der Waals surface area contributed by atoms with Gasteiger partial charge in [0.1, 0.15) is 6.33 Å². The predicted molar refractivity (Wildman–Crippen MR) is 70.5 cm³/mol. The highest BCUT2D eigenvalue weighted by molar-refractivity contribution is 5.78. The van der Waals surface area contributed by atoms with Crippen molar-refractivity contribution in [2.75, 3.05) is 0 Å². The summed E-state index contributed by atoms with van der Waals surface area (Å²) in [6.07, 6.45) is 1.89. The highest BCUT2D eigenvalue weighted by Crippen LogP contribution is 2.19. The zero-order chi connectivity index (χ0) is 11.8. The highest BCUT2D eigenvalue weighted by atomic mass is 15.0. The molecule has 0 unspecified atom stereocenters. The van der Waals surface area contributed by atoms with Crippen LogP contribution < -0.4 is 0 Å². The number of aromatic nitrogens is 2. The van der Waals surface area contributed by atoms with Gasteiger partial charge in [0.15, 0.2) is 0 Å². The molecule has 0 saturated heterocycles. The number of hydrogen-bond donors (Lipinski definition) is 0. The zero-order valence-corrected chi connectivity index (χ0v) is 10.0. The molecule has 84 valence electrons. The molecule has 2 nitrogen and oxygen atoms in total. The van der Waals surface area contributed by atoms with Gasteiger partial charge in [-0.2, -0.15) is 0 Å². The smallest absolute Gasteiger partial charge is 0.100 e. The average molecular weight is 222 g/mol. The van der Waals surface area contributed by atoms with Gasteiger partial charge >= 0.3 is 0 Å². The molecule has 0 radical (unpaired) electrons. The molecule has 17 heavy (non-hydrogen) atoms. The van der Waals surface area contributed by atoms with E-state index >= 15 is 0 Å². The molecule has 0 aliphatic carbocycles. The number of fused-ring (bicyclic) bond motifs is 1. The Kier molecular flexibility index (Phi) is 2.22. The molecule has 1 heterocycles. The second-order valence-electron chi connectivity index (χ2n) is 4.45. The molecule has 0 atom stereocenters. The van der Waals surface area contributed by atoms with Crippen molar-refractivity contribution in [2.45, 2.75) is 13.8 Å². The maximum absolute atomic E-state index is 4.43. The standard InChI is InChI=1S/C15H14N2/c1-11-4-3-5-13(8-11)17-10-16-14-7-6-12(2)9-15(14)17/h3-10H,1-2H3. The number of hydrogen-bond acceptors (Lipinski definition) is 1. The van der Waals surface area contributed by atoms with Crippen LogP contribution in [0.2, 0.25) is 0 Å². The molecule has 0 saturated carbocycles. The van der Waals surface area contributed by atoms with Crippen molar-refractivity contribution in [1.82, 2.24) is 9.55 Å². The van der Waals surface area contributed by atoms with Gasteiger partial charge in [-0.05, 0) is 49.2 Å². The second kappa shape index (κ2) is 3.74. The third-order valence-electron chi connectivity index (χ3n) is 2.98. The summed E-state index contributed by atoms with van der Waals surface area (Å²) < 4.78 is 2.13. The summed E-state index contributed by atoms with van der Waals surface area (Å²) in [5.41, 5.74) is 5.88. The summed E-state index contributed by atoms with van der Waals surface area (Å²) in [6, 6.07) is 14.8. The molecule has 0 amide bonds. The van der Waals surface area contributed by atoms with E-state index in [0.29, 0.717) is 0 Å². The molecule has 2 aromatic carbocycles. The molecule has 0 aliphatic rings. The van der Waals surface area contributed by atoms with Gasteiger partial charge in [-0.1, -0.05) is 18.2 Å². The van der Waals surface area contributed by atoms with E-state index in [1.807, 2.05) is 6.33 Å². The number of nitrogens with zero attached hydrogens (tertiary/aromatic N) is 2. The van der Waals surface area contributed by atoms with Gasteiger partial charge in [0.05, 0.1) is 11.0 Å². The van der Waals surface area contributed by atoms with Crippen LogP contribution in [-0.4, -0.2) is 9.55 Å². The van der Waals surface area contributed by atoms with E-state index in [4.69, 9.17) is 0 Å². The minimum Gasteiger partial charge on any atom is -0.299 e. The lowest BCUT2D eigenvalue weighted by Crippen LogP contribution is -1.92. The SMILES string of the molecule is Cc1cccc(-n2cnc3ccc(C)cc32)c1. The Morgan fingerprint density at radius 2 is 1.76 bits per heavy atom. The van der Waals surface area contributed by atoms with Crippen LogP contribution in [0.3, 0.4) is 0 Å². The summed E-state index contributed by atoms with van der Waals surface area (Å²) >= 11 is 0. The zero-order valence-electron chi connectivity index (χ0n) is 10.0. The van der Waals surface area contributed by atoms with Crippen molar-refractivity contribution < 1.29 is 0 Å². The minimum absolute atomic E-state index is 1.04. The molecule has 3 aromatic rings. The quantitative estimate of drug-likeness (QED) is 0.614. The average Bonchev–Trinajstić information content (AvgIpc) is 2.71. The Morgan fingerprint density at radius 1 is 0.941 bits per heavy atom. The van der Waals surface area contributed by atoms with Crippen molar-refractivity contribution in [1.29, 1.82) is 0 Å². The van der Waals surface area contributed by atoms with Crippen molar-refractivity contribution in [2.24, 2.45) is 0 Å². The fourth-order valence-corrected chi connectivity index (χ4v) is 2.10. The van der Waals surface area contributed by atoms with Crippen molar-refractivity contribution in [3.05, 3.63) is 59.9 Å². The van der Waals surface area contributed by atoms with E-state index < -0.39 is 0 Å². The van der Waals surface area contributed by atoms with Crippen LogP contribution >= 0.6 is 0 Å². The highest BCUT2D eigenvalue weighted by Gasteiger charge is 2.04.